The summed E-state index contributed by atoms with van der Waals surface area (Å²) in [6.07, 6.45) is 5.30. The summed E-state index contributed by atoms with van der Waals surface area (Å²) in [5, 5.41) is 23.1. The van der Waals surface area contributed by atoms with E-state index in [-0.39, 0.29) is 10.6 Å². The van der Waals surface area contributed by atoms with Crippen LogP contribution in [0.5, 0.6) is 5.75 Å². The minimum absolute atomic E-state index is 0.0417. The number of nitrogens with one attached hydrogen (secondary N) is 1. The smallest absolute Gasteiger partial charge is 0.411 e. The number of aromatic carboxylic acids is 1. The Hall–Kier alpha value is -3.11. The van der Waals surface area contributed by atoms with Crippen LogP contribution in [0.3, 0.4) is 0 Å². The molecule has 1 aliphatic rings. The fourth-order valence-corrected chi connectivity index (χ4v) is 6.33. The van der Waals surface area contributed by atoms with Crippen molar-refractivity contribution in [2.24, 2.45) is 5.92 Å². The van der Waals surface area contributed by atoms with Gasteiger partial charge in [-0.2, -0.15) is 0 Å². The average Bonchev–Trinajstić information content (AvgIpc) is 3.37. The molecule has 2 aromatic heterocycles. The first-order chi connectivity index (χ1) is 15.9. The Morgan fingerprint density at radius 3 is 2.61 bits per heavy atom. The number of hydrogen-bond donors (Lipinski definition) is 3. The minimum atomic E-state index is -1.18. The predicted molar refractivity (Wildman–Crippen MR) is 127 cm³/mol. The Morgan fingerprint density at radius 1 is 1.09 bits per heavy atom. The third-order valence-corrected chi connectivity index (χ3v) is 7.79. The summed E-state index contributed by atoms with van der Waals surface area (Å²) in [7, 11) is 0. The number of carboxylic acids is 2. The molecule has 0 bridgehead atoms. The minimum Gasteiger partial charge on any atom is -0.479 e. The van der Waals surface area contributed by atoms with E-state index < -0.39 is 24.6 Å². The van der Waals surface area contributed by atoms with E-state index in [1.54, 1.807) is 18.2 Å². The maximum atomic E-state index is 12.3. The van der Waals surface area contributed by atoms with E-state index in [0.717, 1.165) is 35.3 Å². The van der Waals surface area contributed by atoms with Crippen molar-refractivity contribution in [1.82, 2.24) is 0 Å². The first-order valence-electron chi connectivity index (χ1n) is 10.6. The predicted octanol–water partition coefficient (Wildman–Crippen LogP) is 5.92. The summed E-state index contributed by atoms with van der Waals surface area (Å²) in [4.78, 5) is 34.8. The molecule has 1 fully saturated rings. The van der Waals surface area contributed by atoms with Crippen molar-refractivity contribution in [2.45, 2.75) is 32.1 Å². The van der Waals surface area contributed by atoms with Gasteiger partial charge in [-0.05, 0) is 36.5 Å². The van der Waals surface area contributed by atoms with Gasteiger partial charge >= 0.3 is 18.0 Å². The first-order valence-corrected chi connectivity index (χ1v) is 12.3. The second-order valence-corrected chi connectivity index (χ2v) is 9.76. The summed E-state index contributed by atoms with van der Waals surface area (Å²) in [5.74, 6) is -1.86. The van der Waals surface area contributed by atoms with Gasteiger partial charge in [0.15, 0.2) is 17.2 Å². The molecule has 174 valence electrons. The van der Waals surface area contributed by atoms with E-state index in [1.165, 1.54) is 30.6 Å². The number of benzene rings is 1. The molecule has 0 atom stereocenters. The van der Waals surface area contributed by atoms with Gasteiger partial charge in [0.25, 0.3) is 0 Å². The highest BCUT2D eigenvalue weighted by Gasteiger charge is 2.24. The maximum Gasteiger partial charge on any atom is 0.411 e. The van der Waals surface area contributed by atoms with Crippen molar-refractivity contribution in [2.75, 3.05) is 18.5 Å². The van der Waals surface area contributed by atoms with E-state index in [0.29, 0.717) is 27.6 Å². The maximum absolute atomic E-state index is 12.3. The third kappa shape index (κ3) is 5.45. The van der Waals surface area contributed by atoms with Crippen LogP contribution in [-0.2, 0) is 9.53 Å². The van der Waals surface area contributed by atoms with Gasteiger partial charge in [0, 0.05) is 16.6 Å². The van der Waals surface area contributed by atoms with Gasteiger partial charge in [-0.1, -0.05) is 31.4 Å². The normalized spacial score (nSPS) is 14.2. The molecule has 1 aliphatic carbocycles. The van der Waals surface area contributed by atoms with Crippen LogP contribution >= 0.6 is 22.7 Å². The number of anilines is 1. The van der Waals surface area contributed by atoms with E-state index in [2.05, 4.69) is 5.32 Å². The lowest BCUT2D eigenvalue weighted by atomic mass is 9.90. The number of carbonyl (C=O) groups is 3. The number of rotatable bonds is 8. The number of fused-ring (bicyclic) bond motifs is 1. The Kier molecular flexibility index (Phi) is 7.14. The van der Waals surface area contributed by atoms with Gasteiger partial charge in [0.05, 0.1) is 16.0 Å². The van der Waals surface area contributed by atoms with Crippen molar-refractivity contribution in [3.05, 3.63) is 34.5 Å². The zero-order valence-corrected chi connectivity index (χ0v) is 19.3. The third-order valence-electron chi connectivity index (χ3n) is 5.49. The topological polar surface area (TPSA) is 122 Å². The number of hydrogen-bond acceptors (Lipinski definition) is 7. The van der Waals surface area contributed by atoms with Crippen molar-refractivity contribution >= 4 is 55.8 Å². The number of thiophene rings is 2. The molecule has 3 N–H and O–H groups in total. The van der Waals surface area contributed by atoms with Crippen molar-refractivity contribution in [1.29, 1.82) is 0 Å². The molecule has 33 heavy (non-hydrogen) atoms. The zero-order valence-electron chi connectivity index (χ0n) is 17.7. The lowest BCUT2D eigenvalue weighted by molar-refractivity contribution is -0.139. The monoisotopic (exact) mass is 489 g/mol. The van der Waals surface area contributed by atoms with Crippen LogP contribution in [0.1, 0.15) is 41.8 Å². The largest absolute Gasteiger partial charge is 0.479 e. The molecule has 1 aromatic carbocycles. The summed E-state index contributed by atoms with van der Waals surface area (Å²) in [6, 6.07) is 7.20. The van der Waals surface area contributed by atoms with Gasteiger partial charge in [-0.15, -0.1) is 22.7 Å². The Balaban J connectivity index is 1.52. The highest BCUT2D eigenvalue weighted by Crippen LogP contribution is 2.47. The van der Waals surface area contributed by atoms with Crippen LogP contribution in [0.15, 0.2) is 29.6 Å². The van der Waals surface area contributed by atoms with E-state index in [1.807, 2.05) is 11.4 Å². The Bertz CT molecular complexity index is 1180. The molecule has 0 spiro atoms. The van der Waals surface area contributed by atoms with Crippen LogP contribution in [0, 0.1) is 5.92 Å². The second kappa shape index (κ2) is 10.2. The van der Waals surface area contributed by atoms with Crippen LogP contribution in [0.2, 0.25) is 0 Å². The molecule has 1 amide bonds. The van der Waals surface area contributed by atoms with Crippen LogP contribution < -0.4 is 10.1 Å². The molecule has 1 saturated carbocycles. The quantitative estimate of drug-likeness (QED) is 0.359. The molecule has 3 aromatic rings. The number of carboxylic acid groups (broad SMARTS) is 2. The van der Waals surface area contributed by atoms with Crippen molar-refractivity contribution in [3.8, 4) is 16.9 Å². The van der Waals surface area contributed by atoms with Crippen molar-refractivity contribution < 1.29 is 34.1 Å². The Morgan fingerprint density at radius 2 is 1.88 bits per heavy atom. The summed E-state index contributed by atoms with van der Waals surface area (Å²) in [5.41, 5.74) is 2.14. The zero-order chi connectivity index (χ0) is 23.4. The summed E-state index contributed by atoms with van der Waals surface area (Å²) in [6.45, 7) is -0.204. The molecule has 0 aliphatic heterocycles. The molecule has 2 heterocycles. The molecule has 0 radical (unpaired) electrons. The lowest BCUT2D eigenvalue weighted by Gasteiger charge is -2.21. The fourth-order valence-electron chi connectivity index (χ4n) is 3.93. The average molecular weight is 490 g/mol. The number of carbonyl (C=O) groups excluding carboxylic acids is 1. The molecule has 10 heteroatoms. The number of amides is 1. The van der Waals surface area contributed by atoms with Crippen LogP contribution in [0.4, 0.5) is 10.5 Å². The highest BCUT2D eigenvalue weighted by molar-refractivity contribution is 7.29. The van der Waals surface area contributed by atoms with Gasteiger partial charge in [-0.25, -0.2) is 14.4 Å². The standard InChI is InChI=1S/C23H23NO7S2/c25-17(26)11-30-18-20-19(33-21(18)22(27)28)16(12-32-20)14-7-4-8-15(9-14)24-23(29)31-10-13-5-2-1-3-6-13/h4,7-9,12-13H,1-3,5-6,10-11H2,(H,24,29)(H,25,26)(H,27,28). The van der Waals surface area contributed by atoms with E-state index in [4.69, 9.17) is 14.6 Å². The molecule has 4 rings (SSSR count). The van der Waals surface area contributed by atoms with E-state index >= 15 is 0 Å². The van der Waals surface area contributed by atoms with Gasteiger partial charge < -0.3 is 19.7 Å². The summed E-state index contributed by atoms with van der Waals surface area (Å²) < 4.78 is 12.0. The molecular weight excluding hydrogens is 466 g/mol. The SMILES string of the molecule is O=C(O)COc1c(C(=O)O)sc2c(-c3cccc(NC(=O)OCC4CCCCC4)c3)csc12. The second-order valence-electron chi connectivity index (χ2n) is 7.86. The number of ether oxygens (including phenoxy) is 2. The molecule has 8 nitrogen and oxygen atoms in total. The van der Waals surface area contributed by atoms with Crippen LogP contribution in [0.25, 0.3) is 20.5 Å². The molecular formula is C23H23NO7S2. The van der Waals surface area contributed by atoms with Crippen molar-refractivity contribution in [3.63, 3.8) is 0 Å². The van der Waals surface area contributed by atoms with Gasteiger partial charge in [0.2, 0.25) is 0 Å². The van der Waals surface area contributed by atoms with Gasteiger partial charge in [-0.3, -0.25) is 5.32 Å². The fraction of sp³-hybridized carbons (Fsp3) is 0.348. The first kappa shape index (κ1) is 23.1. The molecule has 0 unspecified atom stereocenters. The van der Waals surface area contributed by atoms with Gasteiger partial charge in [0.1, 0.15) is 0 Å². The van der Waals surface area contributed by atoms with Crippen LogP contribution in [-0.4, -0.2) is 41.5 Å². The Labute approximate surface area is 197 Å². The highest BCUT2D eigenvalue weighted by atomic mass is 32.1. The van der Waals surface area contributed by atoms with E-state index in [9.17, 15) is 19.5 Å². The summed E-state index contributed by atoms with van der Waals surface area (Å²) >= 11 is 2.32. The lowest BCUT2D eigenvalue weighted by Crippen LogP contribution is -2.20. The number of aliphatic carboxylic acids is 1. The molecule has 0 saturated heterocycles.